The Morgan fingerprint density at radius 3 is 2.81 bits per heavy atom. The van der Waals surface area contributed by atoms with E-state index in [-0.39, 0.29) is 11.4 Å². The molecule has 16 heavy (non-hydrogen) atoms. The fourth-order valence-corrected chi connectivity index (χ4v) is 1.49. The normalized spacial score (nSPS) is 15.3. The van der Waals surface area contributed by atoms with Crippen molar-refractivity contribution in [3.63, 3.8) is 0 Å². The summed E-state index contributed by atoms with van der Waals surface area (Å²) in [4.78, 5) is 11.0. The summed E-state index contributed by atoms with van der Waals surface area (Å²) in [5, 5.41) is 19.7. The summed E-state index contributed by atoms with van der Waals surface area (Å²) in [6.07, 6.45) is 3.27. The van der Waals surface area contributed by atoms with Gasteiger partial charge in [-0.1, -0.05) is 0 Å². The average Bonchev–Trinajstić information content (AvgIpc) is 2.23. The van der Waals surface area contributed by atoms with Gasteiger partial charge >= 0.3 is 5.97 Å². The number of methoxy groups -OCH3 is 1. The van der Waals surface area contributed by atoms with E-state index in [9.17, 15) is 4.79 Å². The second-order valence-corrected chi connectivity index (χ2v) is 3.73. The van der Waals surface area contributed by atoms with E-state index in [0.717, 1.165) is 12.8 Å². The molecule has 1 fully saturated rings. The van der Waals surface area contributed by atoms with Crippen LogP contribution in [0.4, 0.5) is 5.82 Å². The maximum Gasteiger partial charge on any atom is 0.339 e. The molecular formula is C10H13N3O3. The van der Waals surface area contributed by atoms with Crippen LogP contribution in [0.1, 0.15) is 29.6 Å². The van der Waals surface area contributed by atoms with Gasteiger partial charge in [-0.25, -0.2) is 4.79 Å². The zero-order valence-corrected chi connectivity index (χ0v) is 8.93. The lowest BCUT2D eigenvalue weighted by atomic mass is 9.93. The molecule has 0 radical (unpaired) electrons. The highest BCUT2D eigenvalue weighted by molar-refractivity contribution is 5.93. The molecule has 86 valence electrons. The van der Waals surface area contributed by atoms with E-state index in [1.807, 2.05) is 0 Å². The highest BCUT2D eigenvalue weighted by Crippen LogP contribution is 2.24. The van der Waals surface area contributed by atoms with Gasteiger partial charge in [-0.2, -0.15) is 0 Å². The number of carboxylic acids is 1. The SMILES string of the molecule is COc1cc(C(=O)O)c(NC2CCC2)nn1. The lowest BCUT2D eigenvalue weighted by Crippen LogP contribution is -2.28. The number of anilines is 1. The predicted molar refractivity (Wildman–Crippen MR) is 56.8 cm³/mol. The first-order valence-electron chi connectivity index (χ1n) is 5.12. The summed E-state index contributed by atoms with van der Waals surface area (Å²) >= 11 is 0. The number of carboxylic acid groups (broad SMARTS) is 1. The van der Waals surface area contributed by atoms with Crippen molar-refractivity contribution in [1.29, 1.82) is 0 Å². The van der Waals surface area contributed by atoms with Crippen LogP contribution in [-0.2, 0) is 0 Å². The Balaban J connectivity index is 2.24. The summed E-state index contributed by atoms with van der Waals surface area (Å²) in [7, 11) is 1.43. The molecule has 2 rings (SSSR count). The Labute approximate surface area is 92.6 Å². The van der Waals surface area contributed by atoms with Crippen molar-refractivity contribution in [2.24, 2.45) is 0 Å². The van der Waals surface area contributed by atoms with Gasteiger partial charge in [0.2, 0.25) is 5.88 Å². The minimum absolute atomic E-state index is 0.0961. The fraction of sp³-hybridized carbons (Fsp3) is 0.500. The van der Waals surface area contributed by atoms with E-state index in [2.05, 4.69) is 15.5 Å². The van der Waals surface area contributed by atoms with Crippen LogP contribution in [-0.4, -0.2) is 34.4 Å². The van der Waals surface area contributed by atoms with Gasteiger partial charge in [-0.15, -0.1) is 10.2 Å². The average molecular weight is 223 g/mol. The largest absolute Gasteiger partial charge is 0.480 e. The highest BCUT2D eigenvalue weighted by atomic mass is 16.5. The summed E-state index contributed by atoms with van der Waals surface area (Å²) in [5.41, 5.74) is 0.0961. The van der Waals surface area contributed by atoms with Gasteiger partial charge in [-0.3, -0.25) is 0 Å². The minimum Gasteiger partial charge on any atom is -0.480 e. The zero-order valence-electron chi connectivity index (χ0n) is 8.93. The topological polar surface area (TPSA) is 84.3 Å². The smallest absolute Gasteiger partial charge is 0.339 e. The Hall–Kier alpha value is -1.85. The molecule has 0 aromatic carbocycles. The molecule has 1 saturated carbocycles. The van der Waals surface area contributed by atoms with Crippen molar-refractivity contribution in [2.45, 2.75) is 25.3 Å². The van der Waals surface area contributed by atoms with Gasteiger partial charge in [0.05, 0.1) is 7.11 Å². The second kappa shape index (κ2) is 4.34. The summed E-state index contributed by atoms with van der Waals surface area (Å²) < 4.78 is 4.84. The molecule has 0 aliphatic heterocycles. The third-order valence-corrected chi connectivity index (χ3v) is 2.66. The van der Waals surface area contributed by atoms with Crippen LogP contribution in [0.5, 0.6) is 5.88 Å². The molecular weight excluding hydrogens is 210 g/mol. The van der Waals surface area contributed by atoms with Crippen LogP contribution in [0.2, 0.25) is 0 Å². The van der Waals surface area contributed by atoms with E-state index >= 15 is 0 Å². The molecule has 6 heteroatoms. The summed E-state index contributed by atoms with van der Waals surface area (Å²) in [5.74, 6) is -0.510. The van der Waals surface area contributed by atoms with Crippen LogP contribution < -0.4 is 10.1 Å². The lowest BCUT2D eigenvalue weighted by molar-refractivity contribution is 0.0696. The fourth-order valence-electron chi connectivity index (χ4n) is 1.49. The van der Waals surface area contributed by atoms with Crippen LogP contribution in [0.25, 0.3) is 0 Å². The number of hydrogen-bond donors (Lipinski definition) is 2. The van der Waals surface area contributed by atoms with Gasteiger partial charge in [0.25, 0.3) is 0 Å². The first-order chi connectivity index (χ1) is 7.70. The van der Waals surface area contributed by atoms with Crippen LogP contribution in [0.3, 0.4) is 0 Å². The number of nitrogens with one attached hydrogen (secondary N) is 1. The monoisotopic (exact) mass is 223 g/mol. The molecule has 0 spiro atoms. The van der Waals surface area contributed by atoms with Crippen molar-refractivity contribution >= 4 is 11.8 Å². The van der Waals surface area contributed by atoms with Gasteiger partial charge in [-0.05, 0) is 19.3 Å². The Bertz CT molecular complexity index is 404. The molecule has 0 amide bonds. The summed E-state index contributed by atoms with van der Waals surface area (Å²) in [6.45, 7) is 0. The lowest BCUT2D eigenvalue weighted by Gasteiger charge is -2.27. The van der Waals surface area contributed by atoms with E-state index < -0.39 is 5.97 Å². The van der Waals surface area contributed by atoms with E-state index in [1.54, 1.807) is 0 Å². The number of hydrogen-bond acceptors (Lipinski definition) is 5. The summed E-state index contributed by atoms with van der Waals surface area (Å²) in [6, 6.07) is 1.69. The van der Waals surface area contributed by atoms with Crippen molar-refractivity contribution in [3.8, 4) is 5.88 Å². The number of ether oxygens (including phenoxy) is 1. The van der Waals surface area contributed by atoms with Crippen LogP contribution in [0.15, 0.2) is 6.07 Å². The van der Waals surface area contributed by atoms with Gasteiger partial charge in [0, 0.05) is 12.1 Å². The Kier molecular flexibility index (Phi) is 2.89. The zero-order chi connectivity index (χ0) is 11.5. The van der Waals surface area contributed by atoms with Gasteiger partial charge in [0.1, 0.15) is 5.56 Å². The van der Waals surface area contributed by atoms with E-state index in [1.165, 1.54) is 19.6 Å². The van der Waals surface area contributed by atoms with Crippen molar-refractivity contribution in [2.75, 3.05) is 12.4 Å². The molecule has 1 aliphatic carbocycles. The van der Waals surface area contributed by atoms with E-state index in [0.29, 0.717) is 11.9 Å². The third-order valence-electron chi connectivity index (χ3n) is 2.66. The Morgan fingerprint density at radius 1 is 1.56 bits per heavy atom. The maximum absolute atomic E-state index is 11.0. The molecule has 1 aromatic heterocycles. The molecule has 0 atom stereocenters. The van der Waals surface area contributed by atoms with Crippen molar-refractivity contribution in [3.05, 3.63) is 11.6 Å². The predicted octanol–water partition coefficient (Wildman–Crippen LogP) is 1.15. The first kappa shape index (κ1) is 10.7. The molecule has 1 aromatic rings. The molecule has 6 nitrogen and oxygen atoms in total. The number of rotatable bonds is 4. The molecule has 0 unspecified atom stereocenters. The second-order valence-electron chi connectivity index (χ2n) is 3.73. The maximum atomic E-state index is 11.0. The molecule has 1 heterocycles. The number of aromatic nitrogens is 2. The molecule has 1 aliphatic rings. The first-order valence-corrected chi connectivity index (χ1v) is 5.12. The van der Waals surface area contributed by atoms with Gasteiger partial charge in [0.15, 0.2) is 5.82 Å². The molecule has 0 saturated heterocycles. The van der Waals surface area contributed by atoms with Gasteiger partial charge < -0.3 is 15.2 Å². The van der Waals surface area contributed by atoms with Crippen LogP contribution >= 0.6 is 0 Å². The number of aromatic carboxylic acids is 1. The van der Waals surface area contributed by atoms with Crippen molar-refractivity contribution < 1.29 is 14.6 Å². The molecule has 0 bridgehead atoms. The minimum atomic E-state index is -1.03. The number of nitrogens with zero attached hydrogens (tertiary/aromatic N) is 2. The standard InChI is InChI=1S/C10H13N3O3/c1-16-8-5-7(10(14)15)9(13-12-8)11-6-3-2-4-6/h5-6H,2-4H2,1H3,(H,11,13)(H,14,15). The third kappa shape index (κ3) is 2.05. The highest BCUT2D eigenvalue weighted by Gasteiger charge is 2.21. The van der Waals surface area contributed by atoms with Crippen LogP contribution in [0, 0.1) is 0 Å². The Morgan fingerprint density at radius 2 is 2.31 bits per heavy atom. The quantitative estimate of drug-likeness (QED) is 0.796. The van der Waals surface area contributed by atoms with E-state index in [4.69, 9.17) is 9.84 Å². The molecule has 2 N–H and O–H groups in total. The van der Waals surface area contributed by atoms with Crippen molar-refractivity contribution in [1.82, 2.24) is 10.2 Å². The number of carbonyl (C=O) groups is 1.